The number of carbonyl (C=O) groups is 2. The maximum atomic E-state index is 11.4. The van der Waals surface area contributed by atoms with Gasteiger partial charge in [-0.3, -0.25) is 20.0 Å². The number of rotatable bonds is 3. The molecule has 3 N–H and O–H groups in total. The Hall–Kier alpha value is -2.22. The Balaban J connectivity index is 1.80. The molecule has 1 fully saturated rings. The Kier molecular flexibility index (Phi) is 4.24. The molecule has 3 amide bonds. The number of urea groups is 1. The third kappa shape index (κ3) is 3.88. The van der Waals surface area contributed by atoms with E-state index in [9.17, 15) is 9.59 Å². The zero-order valence-electron chi connectivity index (χ0n) is 10.5. The molecule has 1 aliphatic rings. The topological polar surface area (TPSA) is 104 Å². The van der Waals surface area contributed by atoms with Crippen molar-refractivity contribution in [2.75, 3.05) is 37.6 Å². The Bertz CT molecular complexity index is 444. The van der Waals surface area contributed by atoms with E-state index in [1.54, 1.807) is 18.6 Å². The van der Waals surface area contributed by atoms with Crippen LogP contribution in [-0.4, -0.2) is 59.5 Å². The van der Waals surface area contributed by atoms with E-state index in [0.29, 0.717) is 0 Å². The summed E-state index contributed by atoms with van der Waals surface area (Å²) >= 11 is 0. The van der Waals surface area contributed by atoms with E-state index in [1.807, 2.05) is 4.90 Å². The summed E-state index contributed by atoms with van der Waals surface area (Å²) in [6.07, 6.45) is 5.01. The first kappa shape index (κ1) is 13.2. The summed E-state index contributed by atoms with van der Waals surface area (Å²) in [5, 5.41) is 2.06. The quantitative estimate of drug-likeness (QED) is 0.710. The predicted molar refractivity (Wildman–Crippen MR) is 68.4 cm³/mol. The summed E-state index contributed by atoms with van der Waals surface area (Å²) in [6, 6.07) is -0.816. The van der Waals surface area contributed by atoms with Crippen LogP contribution in [0.2, 0.25) is 0 Å². The van der Waals surface area contributed by atoms with E-state index in [4.69, 9.17) is 5.73 Å². The van der Waals surface area contributed by atoms with Crippen LogP contribution in [0.5, 0.6) is 0 Å². The van der Waals surface area contributed by atoms with Crippen LogP contribution in [0.25, 0.3) is 0 Å². The van der Waals surface area contributed by atoms with Crippen molar-refractivity contribution >= 4 is 17.8 Å². The molecular formula is C11H16N6O2. The number of carbonyl (C=O) groups excluding carboxylic acids is 2. The molecule has 8 heteroatoms. The number of nitrogens with zero attached hydrogens (tertiary/aromatic N) is 4. The molecule has 102 valence electrons. The number of hydrogen-bond donors (Lipinski definition) is 2. The van der Waals surface area contributed by atoms with Gasteiger partial charge in [-0.15, -0.1) is 0 Å². The molecule has 1 saturated heterocycles. The maximum absolute atomic E-state index is 11.4. The molecule has 0 radical (unpaired) electrons. The molecule has 8 nitrogen and oxygen atoms in total. The van der Waals surface area contributed by atoms with Gasteiger partial charge >= 0.3 is 6.03 Å². The smallest absolute Gasteiger partial charge is 0.318 e. The lowest BCUT2D eigenvalue weighted by Gasteiger charge is -2.34. The number of amides is 3. The van der Waals surface area contributed by atoms with Gasteiger partial charge in [-0.2, -0.15) is 0 Å². The van der Waals surface area contributed by atoms with Gasteiger partial charge in [0.15, 0.2) is 0 Å². The summed E-state index contributed by atoms with van der Waals surface area (Å²) in [4.78, 5) is 34.2. The van der Waals surface area contributed by atoms with E-state index in [0.717, 1.165) is 32.0 Å². The lowest BCUT2D eigenvalue weighted by molar-refractivity contribution is -0.121. The van der Waals surface area contributed by atoms with Crippen LogP contribution in [0, 0.1) is 0 Å². The van der Waals surface area contributed by atoms with Gasteiger partial charge in [0.1, 0.15) is 5.82 Å². The van der Waals surface area contributed by atoms with Crippen molar-refractivity contribution in [3.05, 3.63) is 18.6 Å². The third-order valence-corrected chi connectivity index (χ3v) is 2.88. The fraction of sp³-hybridized carbons (Fsp3) is 0.455. The summed E-state index contributed by atoms with van der Waals surface area (Å²) in [5.41, 5.74) is 4.88. The van der Waals surface area contributed by atoms with Crippen LogP contribution in [0.3, 0.4) is 0 Å². The summed E-state index contributed by atoms with van der Waals surface area (Å²) in [5.74, 6) is 0.462. The molecule has 19 heavy (non-hydrogen) atoms. The molecule has 0 unspecified atom stereocenters. The Labute approximate surface area is 110 Å². The van der Waals surface area contributed by atoms with Gasteiger partial charge < -0.3 is 10.6 Å². The number of hydrogen-bond acceptors (Lipinski definition) is 6. The normalized spacial score (nSPS) is 16.1. The zero-order chi connectivity index (χ0) is 13.7. The largest absolute Gasteiger partial charge is 0.353 e. The highest BCUT2D eigenvalue weighted by Gasteiger charge is 2.20. The highest BCUT2D eigenvalue weighted by atomic mass is 16.2. The van der Waals surface area contributed by atoms with Crippen molar-refractivity contribution in [2.24, 2.45) is 5.73 Å². The van der Waals surface area contributed by atoms with Crippen LogP contribution in [0.4, 0.5) is 10.6 Å². The molecule has 0 spiro atoms. The lowest BCUT2D eigenvalue weighted by atomic mass is 10.3. The predicted octanol–water partition coefficient (Wildman–Crippen LogP) is -1.21. The van der Waals surface area contributed by atoms with Crippen molar-refractivity contribution in [2.45, 2.75) is 0 Å². The number of piperazine rings is 1. The van der Waals surface area contributed by atoms with Crippen LogP contribution >= 0.6 is 0 Å². The first-order valence-corrected chi connectivity index (χ1v) is 5.98. The van der Waals surface area contributed by atoms with Crippen molar-refractivity contribution in [3.63, 3.8) is 0 Å². The Morgan fingerprint density at radius 3 is 2.58 bits per heavy atom. The average Bonchev–Trinajstić information content (AvgIpc) is 2.39. The highest BCUT2D eigenvalue weighted by molar-refractivity contribution is 5.94. The lowest BCUT2D eigenvalue weighted by Crippen LogP contribution is -2.50. The molecule has 2 heterocycles. The second-order valence-corrected chi connectivity index (χ2v) is 4.24. The van der Waals surface area contributed by atoms with E-state index in [-0.39, 0.29) is 12.5 Å². The van der Waals surface area contributed by atoms with E-state index in [1.165, 1.54) is 0 Å². The summed E-state index contributed by atoms with van der Waals surface area (Å²) in [6.45, 7) is 3.16. The van der Waals surface area contributed by atoms with Crippen molar-refractivity contribution in [1.82, 2.24) is 20.2 Å². The average molecular weight is 264 g/mol. The minimum Gasteiger partial charge on any atom is -0.353 e. The number of nitrogens with two attached hydrogens (primary N) is 1. The second-order valence-electron chi connectivity index (χ2n) is 4.24. The fourth-order valence-electron chi connectivity index (χ4n) is 1.97. The highest BCUT2D eigenvalue weighted by Crippen LogP contribution is 2.10. The molecule has 0 saturated carbocycles. The molecular weight excluding hydrogens is 248 g/mol. The first-order chi connectivity index (χ1) is 9.15. The van der Waals surface area contributed by atoms with Crippen molar-refractivity contribution < 1.29 is 9.59 Å². The molecule has 0 aromatic carbocycles. The fourth-order valence-corrected chi connectivity index (χ4v) is 1.97. The van der Waals surface area contributed by atoms with Crippen LogP contribution in [-0.2, 0) is 4.79 Å². The van der Waals surface area contributed by atoms with Gasteiger partial charge in [-0.1, -0.05) is 0 Å². The van der Waals surface area contributed by atoms with Crippen molar-refractivity contribution in [1.29, 1.82) is 0 Å². The molecule has 1 aliphatic heterocycles. The number of imide groups is 1. The first-order valence-electron chi connectivity index (χ1n) is 5.98. The number of anilines is 1. The molecule has 2 rings (SSSR count). The summed E-state index contributed by atoms with van der Waals surface area (Å²) < 4.78 is 0. The van der Waals surface area contributed by atoms with Gasteiger partial charge in [0.2, 0.25) is 5.91 Å². The van der Waals surface area contributed by atoms with Gasteiger partial charge in [0.25, 0.3) is 0 Å². The Morgan fingerprint density at radius 1 is 1.26 bits per heavy atom. The van der Waals surface area contributed by atoms with Crippen LogP contribution in [0.1, 0.15) is 0 Å². The minimum absolute atomic E-state index is 0.178. The zero-order valence-corrected chi connectivity index (χ0v) is 10.5. The summed E-state index contributed by atoms with van der Waals surface area (Å²) in [7, 11) is 0. The molecule has 1 aromatic rings. The van der Waals surface area contributed by atoms with Gasteiger partial charge in [0.05, 0.1) is 12.7 Å². The second kappa shape index (κ2) is 6.10. The Morgan fingerprint density at radius 2 is 2.00 bits per heavy atom. The van der Waals surface area contributed by atoms with Crippen LogP contribution in [0.15, 0.2) is 18.6 Å². The third-order valence-electron chi connectivity index (χ3n) is 2.88. The van der Waals surface area contributed by atoms with E-state index in [2.05, 4.69) is 20.2 Å². The minimum atomic E-state index is -0.816. The van der Waals surface area contributed by atoms with E-state index < -0.39 is 6.03 Å². The van der Waals surface area contributed by atoms with Gasteiger partial charge in [0, 0.05) is 38.6 Å². The molecule has 0 aliphatic carbocycles. The van der Waals surface area contributed by atoms with Crippen molar-refractivity contribution in [3.8, 4) is 0 Å². The number of nitrogens with one attached hydrogen (secondary N) is 1. The van der Waals surface area contributed by atoms with Gasteiger partial charge in [-0.05, 0) is 0 Å². The van der Waals surface area contributed by atoms with E-state index >= 15 is 0 Å². The van der Waals surface area contributed by atoms with Gasteiger partial charge in [-0.25, -0.2) is 9.78 Å². The SMILES string of the molecule is NC(=O)NC(=O)CN1CCN(c2cnccn2)CC1. The monoisotopic (exact) mass is 264 g/mol. The number of primary amides is 1. The number of aromatic nitrogens is 2. The molecule has 1 aromatic heterocycles. The van der Waals surface area contributed by atoms with Crippen LogP contribution < -0.4 is 16.0 Å². The molecule has 0 bridgehead atoms. The maximum Gasteiger partial charge on any atom is 0.318 e. The standard InChI is InChI=1S/C11H16N6O2/c12-11(19)15-10(18)8-16-3-5-17(6-4-16)9-7-13-1-2-14-9/h1-2,7H,3-6,8H2,(H3,12,15,18,19). The molecule has 0 atom stereocenters.